The molecule has 3 heterocycles. The van der Waals surface area contributed by atoms with E-state index in [1.807, 2.05) is 6.07 Å². The lowest BCUT2D eigenvalue weighted by molar-refractivity contribution is 0.262. The molecule has 0 atom stereocenters. The van der Waals surface area contributed by atoms with Gasteiger partial charge in [0.15, 0.2) is 11.5 Å². The number of rotatable bonds is 2. The SMILES string of the molecule is O=C(Nc1cnccn1)Nc1ccnc2ncccc12. The average Bonchev–Trinajstić information content (AvgIpc) is 2.48. The summed E-state index contributed by atoms with van der Waals surface area (Å²) in [4.78, 5) is 28.0. The van der Waals surface area contributed by atoms with E-state index in [1.165, 1.54) is 18.6 Å². The van der Waals surface area contributed by atoms with Crippen LogP contribution in [-0.4, -0.2) is 26.0 Å². The number of nitrogens with zero attached hydrogens (tertiary/aromatic N) is 4. The Balaban J connectivity index is 1.81. The minimum absolute atomic E-state index is 0.376. The number of amides is 2. The Kier molecular flexibility index (Phi) is 3.15. The highest BCUT2D eigenvalue weighted by atomic mass is 16.2. The fourth-order valence-electron chi connectivity index (χ4n) is 1.72. The first-order chi connectivity index (χ1) is 9.83. The molecule has 0 radical (unpaired) electrons. The minimum atomic E-state index is -0.401. The lowest BCUT2D eigenvalue weighted by atomic mass is 10.2. The topological polar surface area (TPSA) is 92.7 Å². The Morgan fingerprint density at radius 3 is 2.70 bits per heavy atom. The Morgan fingerprint density at radius 1 is 0.950 bits per heavy atom. The number of hydrogen-bond donors (Lipinski definition) is 2. The molecule has 7 heteroatoms. The van der Waals surface area contributed by atoms with Crippen LogP contribution < -0.4 is 10.6 Å². The van der Waals surface area contributed by atoms with Crippen molar-refractivity contribution in [2.24, 2.45) is 0 Å². The number of anilines is 2. The Hall–Kier alpha value is -3.09. The summed E-state index contributed by atoms with van der Waals surface area (Å²) in [5.41, 5.74) is 1.20. The molecule has 3 aromatic rings. The number of pyridine rings is 2. The Bertz CT molecular complexity index is 741. The third-order valence-corrected chi connectivity index (χ3v) is 2.57. The molecule has 0 aliphatic carbocycles. The van der Waals surface area contributed by atoms with Gasteiger partial charge in [-0.1, -0.05) is 0 Å². The van der Waals surface area contributed by atoms with E-state index in [1.54, 1.807) is 24.5 Å². The molecule has 0 aliphatic heterocycles. The van der Waals surface area contributed by atoms with Gasteiger partial charge in [-0.2, -0.15) is 0 Å². The highest BCUT2D eigenvalue weighted by Crippen LogP contribution is 2.19. The van der Waals surface area contributed by atoms with Gasteiger partial charge in [0, 0.05) is 30.2 Å². The second kappa shape index (κ2) is 5.27. The molecule has 2 amide bonds. The largest absolute Gasteiger partial charge is 0.324 e. The zero-order valence-electron chi connectivity index (χ0n) is 10.3. The van der Waals surface area contributed by atoms with E-state index >= 15 is 0 Å². The molecule has 0 fully saturated rings. The molecule has 0 aliphatic rings. The zero-order valence-corrected chi connectivity index (χ0v) is 10.3. The summed E-state index contributed by atoms with van der Waals surface area (Å²) in [6, 6.07) is 4.94. The minimum Gasteiger partial charge on any atom is -0.307 e. The van der Waals surface area contributed by atoms with E-state index < -0.39 is 6.03 Å². The molecule has 0 bridgehead atoms. The van der Waals surface area contributed by atoms with Crippen LogP contribution in [0.25, 0.3) is 11.0 Å². The van der Waals surface area contributed by atoms with Crippen molar-refractivity contribution in [2.45, 2.75) is 0 Å². The maximum Gasteiger partial charge on any atom is 0.324 e. The van der Waals surface area contributed by atoms with Gasteiger partial charge in [-0.3, -0.25) is 10.3 Å². The van der Waals surface area contributed by atoms with Crippen LogP contribution >= 0.6 is 0 Å². The molecule has 3 aromatic heterocycles. The first-order valence-corrected chi connectivity index (χ1v) is 5.87. The summed E-state index contributed by atoms with van der Waals surface area (Å²) >= 11 is 0. The predicted octanol–water partition coefficient (Wildman–Crippen LogP) is 2.06. The summed E-state index contributed by atoms with van der Waals surface area (Å²) in [5.74, 6) is 0.376. The molecule has 7 nitrogen and oxygen atoms in total. The van der Waals surface area contributed by atoms with Crippen molar-refractivity contribution in [1.82, 2.24) is 19.9 Å². The highest BCUT2D eigenvalue weighted by molar-refractivity contribution is 6.04. The fourth-order valence-corrected chi connectivity index (χ4v) is 1.72. The van der Waals surface area contributed by atoms with Crippen LogP contribution in [0.2, 0.25) is 0 Å². The first kappa shape index (κ1) is 12.0. The van der Waals surface area contributed by atoms with Gasteiger partial charge >= 0.3 is 6.03 Å². The van der Waals surface area contributed by atoms with Crippen molar-refractivity contribution in [2.75, 3.05) is 10.6 Å². The van der Waals surface area contributed by atoms with Crippen LogP contribution in [0.15, 0.2) is 49.2 Å². The standard InChI is InChI=1S/C13H10N6O/c20-13(19-11-8-14-6-7-15-11)18-10-3-5-17-12-9(10)2-1-4-16-12/h1-8H,(H2,15,16,17,18,19,20). The van der Waals surface area contributed by atoms with E-state index in [0.29, 0.717) is 17.2 Å². The number of urea groups is 1. The van der Waals surface area contributed by atoms with Crippen molar-refractivity contribution >= 4 is 28.6 Å². The van der Waals surface area contributed by atoms with Crippen LogP contribution in [0.4, 0.5) is 16.3 Å². The molecule has 20 heavy (non-hydrogen) atoms. The first-order valence-electron chi connectivity index (χ1n) is 5.87. The second-order valence-electron chi connectivity index (χ2n) is 3.90. The summed E-state index contributed by atoms with van der Waals surface area (Å²) in [6.07, 6.45) is 7.74. The van der Waals surface area contributed by atoms with Gasteiger partial charge in [-0.05, 0) is 18.2 Å². The van der Waals surface area contributed by atoms with E-state index in [2.05, 4.69) is 30.6 Å². The van der Waals surface area contributed by atoms with Gasteiger partial charge in [0.05, 0.1) is 11.9 Å². The van der Waals surface area contributed by atoms with E-state index in [4.69, 9.17) is 0 Å². The molecular formula is C13H10N6O. The number of nitrogens with one attached hydrogen (secondary N) is 2. The number of aromatic nitrogens is 4. The molecule has 0 spiro atoms. The van der Waals surface area contributed by atoms with Gasteiger partial charge in [0.2, 0.25) is 0 Å². The predicted molar refractivity (Wildman–Crippen MR) is 74.2 cm³/mol. The third kappa shape index (κ3) is 2.51. The quantitative estimate of drug-likeness (QED) is 0.740. The normalized spacial score (nSPS) is 10.2. The average molecular weight is 266 g/mol. The molecule has 3 rings (SSSR count). The zero-order chi connectivity index (χ0) is 13.8. The van der Waals surface area contributed by atoms with Gasteiger partial charge in [0.25, 0.3) is 0 Å². The van der Waals surface area contributed by atoms with Crippen LogP contribution in [0.1, 0.15) is 0 Å². The molecule has 2 N–H and O–H groups in total. The van der Waals surface area contributed by atoms with Gasteiger partial charge in [0.1, 0.15) is 0 Å². The number of hydrogen-bond acceptors (Lipinski definition) is 5. The van der Waals surface area contributed by atoms with Crippen molar-refractivity contribution < 1.29 is 4.79 Å². The highest BCUT2D eigenvalue weighted by Gasteiger charge is 2.07. The lowest BCUT2D eigenvalue weighted by Gasteiger charge is -2.08. The second-order valence-corrected chi connectivity index (χ2v) is 3.90. The maximum absolute atomic E-state index is 11.9. The smallest absolute Gasteiger partial charge is 0.307 e. The number of carbonyl (C=O) groups is 1. The Morgan fingerprint density at radius 2 is 1.85 bits per heavy atom. The van der Waals surface area contributed by atoms with Crippen molar-refractivity contribution in [1.29, 1.82) is 0 Å². The van der Waals surface area contributed by atoms with Crippen LogP contribution in [-0.2, 0) is 0 Å². The molecule has 0 unspecified atom stereocenters. The van der Waals surface area contributed by atoms with Crippen LogP contribution in [0.3, 0.4) is 0 Å². The van der Waals surface area contributed by atoms with Crippen LogP contribution in [0, 0.1) is 0 Å². The summed E-state index contributed by atoms with van der Waals surface area (Å²) < 4.78 is 0. The molecular weight excluding hydrogens is 256 g/mol. The summed E-state index contributed by atoms with van der Waals surface area (Å²) in [5, 5.41) is 6.09. The van der Waals surface area contributed by atoms with Crippen molar-refractivity contribution in [3.63, 3.8) is 0 Å². The molecule has 0 saturated carbocycles. The summed E-state index contributed by atoms with van der Waals surface area (Å²) in [6.45, 7) is 0. The van der Waals surface area contributed by atoms with Crippen molar-refractivity contribution in [3.05, 3.63) is 49.2 Å². The fraction of sp³-hybridized carbons (Fsp3) is 0. The Labute approximate surface area is 114 Å². The van der Waals surface area contributed by atoms with Gasteiger partial charge < -0.3 is 5.32 Å². The van der Waals surface area contributed by atoms with Crippen molar-refractivity contribution in [3.8, 4) is 0 Å². The van der Waals surface area contributed by atoms with E-state index in [0.717, 1.165) is 5.39 Å². The monoisotopic (exact) mass is 266 g/mol. The summed E-state index contributed by atoms with van der Waals surface area (Å²) in [7, 11) is 0. The number of fused-ring (bicyclic) bond motifs is 1. The lowest BCUT2D eigenvalue weighted by Crippen LogP contribution is -2.20. The van der Waals surface area contributed by atoms with E-state index in [-0.39, 0.29) is 0 Å². The van der Waals surface area contributed by atoms with E-state index in [9.17, 15) is 4.79 Å². The van der Waals surface area contributed by atoms with Gasteiger partial charge in [-0.15, -0.1) is 0 Å². The third-order valence-electron chi connectivity index (χ3n) is 2.57. The maximum atomic E-state index is 11.9. The van der Waals surface area contributed by atoms with Crippen LogP contribution in [0.5, 0.6) is 0 Å². The van der Waals surface area contributed by atoms with Gasteiger partial charge in [-0.25, -0.2) is 19.7 Å². The molecule has 0 saturated heterocycles. The number of carbonyl (C=O) groups excluding carboxylic acids is 1. The molecule has 98 valence electrons. The molecule has 0 aromatic carbocycles.